The average Bonchev–Trinajstić information content (AvgIpc) is 2.46. The first kappa shape index (κ1) is 13.5. The Hall–Kier alpha value is -1.88. The van der Waals surface area contributed by atoms with Gasteiger partial charge in [0.2, 0.25) is 5.91 Å². The summed E-state index contributed by atoms with van der Waals surface area (Å²) in [4.78, 5) is 25.5. The van der Waals surface area contributed by atoms with Gasteiger partial charge in [0.05, 0.1) is 0 Å². The standard InChI is InChI=1S/C14H18N2O3/c1-2-11-13(18)15-8-9-16(11)14(19)12(17)10-6-4-3-5-7-10/h3-7,11-12,17H,2,8-9H2,1H3,(H,15,18). The number of carbonyl (C=O) groups is 2. The fraction of sp³-hybridized carbons (Fsp3) is 0.429. The zero-order valence-corrected chi connectivity index (χ0v) is 10.9. The largest absolute Gasteiger partial charge is 0.378 e. The van der Waals surface area contributed by atoms with Gasteiger partial charge in [-0.05, 0) is 12.0 Å². The zero-order valence-electron chi connectivity index (χ0n) is 10.9. The monoisotopic (exact) mass is 262 g/mol. The molecule has 1 aromatic rings. The molecule has 2 rings (SSSR count). The van der Waals surface area contributed by atoms with Crippen LogP contribution in [0.15, 0.2) is 30.3 Å². The number of hydrogen-bond acceptors (Lipinski definition) is 3. The van der Waals surface area contributed by atoms with Crippen molar-refractivity contribution in [2.24, 2.45) is 0 Å². The topological polar surface area (TPSA) is 69.6 Å². The fourth-order valence-corrected chi connectivity index (χ4v) is 2.32. The van der Waals surface area contributed by atoms with Crippen LogP contribution in [-0.2, 0) is 9.59 Å². The molecule has 1 saturated heterocycles. The molecule has 0 saturated carbocycles. The van der Waals surface area contributed by atoms with Crippen molar-refractivity contribution in [3.8, 4) is 0 Å². The summed E-state index contributed by atoms with van der Waals surface area (Å²) in [6.45, 7) is 2.72. The number of hydrogen-bond donors (Lipinski definition) is 2. The van der Waals surface area contributed by atoms with Crippen LogP contribution in [0, 0.1) is 0 Å². The van der Waals surface area contributed by atoms with Crippen LogP contribution in [0.5, 0.6) is 0 Å². The van der Waals surface area contributed by atoms with E-state index in [-0.39, 0.29) is 5.91 Å². The van der Waals surface area contributed by atoms with E-state index < -0.39 is 18.1 Å². The van der Waals surface area contributed by atoms with Crippen molar-refractivity contribution in [1.29, 1.82) is 0 Å². The normalized spacial score (nSPS) is 20.8. The third kappa shape index (κ3) is 2.76. The number of amides is 2. The molecule has 1 heterocycles. The maximum atomic E-state index is 12.3. The van der Waals surface area contributed by atoms with Crippen molar-refractivity contribution in [2.45, 2.75) is 25.5 Å². The van der Waals surface area contributed by atoms with E-state index in [4.69, 9.17) is 0 Å². The van der Waals surface area contributed by atoms with Crippen molar-refractivity contribution >= 4 is 11.8 Å². The summed E-state index contributed by atoms with van der Waals surface area (Å²) >= 11 is 0. The van der Waals surface area contributed by atoms with Gasteiger partial charge in [-0.15, -0.1) is 0 Å². The molecule has 102 valence electrons. The Morgan fingerprint density at radius 2 is 2.16 bits per heavy atom. The molecule has 0 bridgehead atoms. The van der Waals surface area contributed by atoms with Crippen LogP contribution in [-0.4, -0.2) is 41.0 Å². The molecule has 1 fully saturated rings. The van der Waals surface area contributed by atoms with Crippen molar-refractivity contribution < 1.29 is 14.7 Å². The number of benzene rings is 1. The summed E-state index contributed by atoms with van der Waals surface area (Å²) in [5.41, 5.74) is 0.549. The van der Waals surface area contributed by atoms with Gasteiger partial charge in [-0.2, -0.15) is 0 Å². The summed E-state index contributed by atoms with van der Waals surface area (Å²) in [7, 11) is 0. The van der Waals surface area contributed by atoms with Crippen molar-refractivity contribution in [3.63, 3.8) is 0 Å². The Bertz CT molecular complexity index is 461. The molecule has 0 aromatic heterocycles. The molecule has 0 spiro atoms. The quantitative estimate of drug-likeness (QED) is 0.831. The highest BCUT2D eigenvalue weighted by molar-refractivity contribution is 5.90. The van der Waals surface area contributed by atoms with Crippen molar-refractivity contribution in [3.05, 3.63) is 35.9 Å². The summed E-state index contributed by atoms with van der Waals surface area (Å²) in [6.07, 6.45) is -0.667. The Kier molecular flexibility index (Phi) is 4.16. The van der Waals surface area contributed by atoms with Crippen molar-refractivity contribution in [2.75, 3.05) is 13.1 Å². The number of aliphatic hydroxyl groups excluding tert-OH is 1. The van der Waals surface area contributed by atoms with Crippen LogP contribution in [0.1, 0.15) is 25.0 Å². The highest BCUT2D eigenvalue weighted by Crippen LogP contribution is 2.19. The molecule has 2 N–H and O–H groups in total. The van der Waals surface area contributed by atoms with E-state index in [1.807, 2.05) is 13.0 Å². The minimum atomic E-state index is -1.21. The molecule has 2 amide bonds. The first-order chi connectivity index (χ1) is 9.15. The molecular formula is C14H18N2O3. The van der Waals surface area contributed by atoms with Crippen LogP contribution >= 0.6 is 0 Å². The third-order valence-electron chi connectivity index (χ3n) is 3.35. The lowest BCUT2D eigenvalue weighted by atomic mass is 10.0. The van der Waals surface area contributed by atoms with Gasteiger partial charge in [-0.25, -0.2) is 0 Å². The maximum Gasteiger partial charge on any atom is 0.256 e. The number of nitrogens with one attached hydrogen (secondary N) is 1. The molecule has 1 aromatic carbocycles. The lowest BCUT2D eigenvalue weighted by Crippen LogP contribution is -2.57. The molecule has 1 aliphatic heterocycles. The van der Waals surface area contributed by atoms with Gasteiger partial charge in [-0.1, -0.05) is 37.3 Å². The number of carbonyl (C=O) groups excluding carboxylic acids is 2. The molecule has 2 atom stereocenters. The zero-order chi connectivity index (χ0) is 13.8. The Labute approximate surface area is 112 Å². The van der Waals surface area contributed by atoms with Crippen LogP contribution in [0.2, 0.25) is 0 Å². The number of piperazine rings is 1. The SMILES string of the molecule is CCC1C(=O)NCCN1C(=O)C(O)c1ccccc1. The summed E-state index contributed by atoms with van der Waals surface area (Å²) in [5, 5.41) is 12.9. The van der Waals surface area contributed by atoms with Gasteiger partial charge < -0.3 is 15.3 Å². The molecule has 5 heteroatoms. The molecule has 0 radical (unpaired) electrons. The highest BCUT2D eigenvalue weighted by atomic mass is 16.3. The first-order valence-electron chi connectivity index (χ1n) is 6.46. The van der Waals surface area contributed by atoms with E-state index >= 15 is 0 Å². The number of nitrogens with zero attached hydrogens (tertiary/aromatic N) is 1. The number of aliphatic hydroxyl groups is 1. The van der Waals surface area contributed by atoms with Crippen LogP contribution in [0.25, 0.3) is 0 Å². The highest BCUT2D eigenvalue weighted by Gasteiger charge is 2.34. The minimum Gasteiger partial charge on any atom is -0.378 e. The van der Waals surface area contributed by atoms with E-state index in [1.165, 1.54) is 4.90 Å². The molecule has 1 aliphatic rings. The smallest absolute Gasteiger partial charge is 0.256 e. The predicted octanol–water partition coefficient (Wildman–Crippen LogP) is 0.457. The molecule has 0 aliphatic carbocycles. The molecule has 19 heavy (non-hydrogen) atoms. The van der Waals surface area contributed by atoms with E-state index in [0.29, 0.717) is 25.1 Å². The number of rotatable bonds is 3. The second-order valence-corrected chi connectivity index (χ2v) is 4.56. The Morgan fingerprint density at radius 3 is 2.79 bits per heavy atom. The van der Waals surface area contributed by atoms with Gasteiger partial charge >= 0.3 is 0 Å². The molecule has 5 nitrogen and oxygen atoms in total. The van der Waals surface area contributed by atoms with Crippen LogP contribution in [0.4, 0.5) is 0 Å². The average molecular weight is 262 g/mol. The van der Waals surface area contributed by atoms with Gasteiger partial charge in [0.25, 0.3) is 5.91 Å². The van der Waals surface area contributed by atoms with Gasteiger partial charge in [0, 0.05) is 13.1 Å². The summed E-state index contributed by atoms with van der Waals surface area (Å²) < 4.78 is 0. The second kappa shape index (κ2) is 5.84. The second-order valence-electron chi connectivity index (χ2n) is 4.56. The van der Waals surface area contributed by atoms with E-state index in [2.05, 4.69) is 5.32 Å². The minimum absolute atomic E-state index is 0.151. The lowest BCUT2D eigenvalue weighted by molar-refractivity contribution is -0.150. The molecule has 2 unspecified atom stereocenters. The third-order valence-corrected chi connectivity index (χ3v) is 3.35. The summed E-state index contributed by atoms with van der Waals surface area (Å²) in [6, 6.07) is 8.28. The fourth-order valence-electron chi connectivity index (χ4n) is 2.32. The summed E-state index contributed by atoms with van der Waals surface area (Å²) in [5.74, 6) is -0.560. The van der Waals surface area contributed by atoms with Crippen molar-refractivity contribution in [1.82, 2.24) is 10.2 Å². The predicted molar refractivity (Wildman–Crippen MR) is 70.2 cm³/mol. The van der Waals surface area contributed by atoms with Crippen LogP contribution < -0.4 is 5.32 Å². The van der Waals surface area contributed by atoms with E-state index in [9.17, 15) is 14.7 Å². The first-order valence-corrected chi connectivity index (χ1v) is 6.46. The van der Waals surface area contributed by atoms with Gasteiger partial charge in [-0.3, -0.25) is 9.59 Å². The van der Waals surface area contributed by atoms with Gasteiger partial charge in [0.15, 0.2) is 6.10 Å². The maximum absolute atomic E-state index is 12.3. The Balaban J connectivity index is 2.16. The van der Waals surface area contributed by atoms with Gasteiger partial charge in [0.1, 0.15) is 6.04 Å². The van der Waals surface area contributed by atoms with E-state index in [0.717, 1.165) is 0 Å². The molecular weight excluding hydrogens is 244 g/mol. The lowest BCUT2D eigenvalue weighted by Gasteiger charge is -2.35. The van der Waals surface area contributed by atoms with E-state index in [1.54, 1.807) is 24.3 Å². The Morgan fingerprint density at radius 1 is 1.47 bits per heavy atom. The van der Waals surface area contributed by atoms with Crippen LogP contribution in [0.3, 0.4) is 0 Å².